The van der Waals surface area contributed by atoms with Crippen LogP contribution in [0.25, 0.3) is 0 Å². The Morgan fingerprint density at radius 2 is 0.857 bits per heavy atom. The number of hydrogen-bond acceptors (Lipinski definition) is 2. The van der Waals surface area contributed by atoms with Gasteiger partial charge in [0.1, 0.15) is 0 Å². The monoisotopic (exact) mass is 384 g/mol. The van der Waals surface area contributed by atoms with Gasteiger partial charge in [-0.05, 0) is 45.6 Å². The van der Waals surface area contributed by atoms with Gasteiger partial charge < -0.3 is 0 Å². The van der Waals surface area contributed by atoms with Gasteiger partial charge in [-0.2, -0.15) is 0 Å². The Balaban J connectivity index is 2.59. The second-order valence-corrected chi connectivity index (χ2v) is 12.4. The minimum absolute atomic E-state index is 0.223. The molecule has 0 aromatic heterocycles. The first-order valence-electron chi connectivity index (χ1n) is 10.7. The fourth-order valence-corrected chi connectivity index (χ4v) is 4.45. The van der Waals surface area contributed by atoms with Crippen LogP contribution >= 0.6 is 0 Å². The minimum atomic E-state index is 0.223. The molecular formula is C26H44N2. The molecular weight excluding hydrogens is 340 g/mol. The second-order valence-electron chi connectivity index (χ2n) is 12.4. The van der Waals surface area contributed by atoms with Crippen LogP contribution in [0.5, 0.6) is 0 Å². The van der Waals surface area contributed by atoms with Crippen molar-refractivity contribution in [2.75, 3.05) is 13.1 Å². The quantitative estimate of drug-likeness (QED) is 0.416. The SMILES string of the molecule is CC(C)(C)CC(C)(C)CN=Cc1ccc(C=NCC(C)(C)CC(C)(C)C)cc1. The van der Waals surface area contributed by atoms with Gasteiger partial charge in [0.25, 0.3) is 0 Å². The maximum Gasteiger partial charge on any atom is 0.0440 e. The third kappa shape index (κ3) is 11.4. The molecule has 0 fully saturated rings. The van der Waals surface area contributed by atoms with E-state index in [1.54, 1.807) is 0 Å². The molecule has 0 spiro atoms. The first kappa shape index (κ1) is 24.6. The van der Waals surface area contributed by atoms with Crippen molar-refractivity contribution in [3.63, 3.8) is 0 Å². The van der Waals surface area contributed by atoms with Crippen molar-refractivity contribution in [3.8, 4) is 0 Å². The summed E-state index contributed by atoms with van der Waals surface area (Å²) in [5, 5.41) is 0. The molecule has 0 aliphatic carbocycles. The van der Waals surface area contributed by atoms with Gasteiger partial charge in [-0.25, -0.2) is 0 Å². The first-order chi connectivity index (χ1) is 12.6. The number of hydrogen-bond donors (Lipinski definition) is 0. The van der Waals surface area contributed by atoms with E-state index in [4.69, 9.17) is 9.98 Å². The highest BCUT2D eigenvalue weighted by atomic mass is 14.7. The fraction of sp³-hybridized carbons (Fsp3) is 0.692. The summed E-state index contributed by atoms with van der Waals surface area (Å²) in [6, 6.07) is 8.51. The van der Waals surface area contributed by atoms with Gasteiger partial charge in [-0.1, -0.05) is 93.5 Å². The highest BCUT2D eigenvalue weighted by Gasteiger charge is 2.25. The molecule has 1 aromatic carbocycles. The average Bonchev–Trinajstić information content (AvgIpc) is 2.43. The molecule has 0 amide bonds. The summed E-state index contributed by atoms with van der Waals surface area (Å²) < 4.78 is 0. The van der Waals surface area contributed by atoms with E-state index in [9.17, 15) is 0 Å². The molecule has 0 atom stereocenters. The molecule has 28 heavy (non-hydrogen) atoms. The van der Waals surface area contributed by atoms with Crippen molar-refractivity contribution in [1.29, 1.82) is 0 Å². The lowest BCUT2D eigenvalue weighted by Gasteiger charge is -2.31. The third-order valence-electron chi connectivity index (χ3n) is 4.47. The van der Waals surface area contributed by atoms with Crippen molar-refractivity contribution < 1.29 is 0 Å². The average molecular weight is 385 g/mol. The van der Waals surface area contributed by atoms with Gasteiger partial charge in [-0.3, -0.25) is 9.98 Å². The smallest absolute Gasteiger partial charge is 0.0440 e. The van der Waals surface area contributed by atoms with Crippen molar-refractivity contribution in [2.24, 2.45) is 31.6 Å². The van der Waals surface area contributed by atoms with Gasteiger partial charge >= 0.3 is 0 Å². The molecule has 0 radical (unpaired) electrons. The number of rotatable bonds is 8. The van der Waals surface area contributed by atoms with Crippen molar-refractivity contribution in [3.05, 3.63) is 35.4 Å². The molecule has 1 aromatic rings. The van der Waals surface area contributed by atoms with E-state index in [0.29, 0.717) is 10.8 Å². The third-order valence-corrected chi connectivity index (χ3v) is 4.47. The molecule has 0 unspecified atom stereocenters. The summed E-state index contributed by atoms with van der Waals surface area (Å²) in [6.07, 6.45) is 6.33. The highest BCUT2D eigenvalue weighted by Crippen LogP contribution is 2.34. The molecule has 0 N–H and O–H groups in total. The van der Waals surface area contributed by atoms with Crippen LogP contribution in [0.1, 0.15) is 93.2 Å². The van der Waals surface area contributed by atoms with E-state index >= 15 is 0 Å². The summed E-state index contributed by atoms with van der Waals surface area (Å²) in [7, 11) is 0. The molecule has 0 saturated carbocycles. The Morgan fingerprint density at radius 1 is 0.571 bits per heavy atom. The van der Waals surface area contributed by atoms with Crippen LogP contribution in [0.15, 0.2) is 34.3 Å². The molecule has 2 heteroatoms. The van der Waals surface area contributed by atoms with Crippen LogP contribution in [0.4, 0.5) is 0 Å². The number of nitrogens with zero attached hydrogens (tertiary/aromatic N) is 2. The topological polar surface area (TPSA) is 24.7 Å². The zero-order chi connectivity index (χ0) is 21.6. The van der Waals surface area contributed by atoms with Gasteiger partial charge in [0.2, 0.25) is 0 Å². The number of aliphatic imine (C=N–C) groups is 2. The maximum atomic E-state index is 4.70. The molecule has 0 bridgehead atoms. The van der Waals surface area contributed by atoms with Gasteiger partial charge in [0.15, 0.2) is 0 Å². The lowest BCUT2D eigenvalue weighted by atomic mass is 9.76. The lowest BCUT2D eigenvalue weighted by molar-refractivity contribution is 0.220. The predicted octanol–water partition coefficient (Wildman–Crippen LogP) is 7.45. The van der Waals surface area contributed by atoms with Crippen molar-refractivity contribution in [2.45, 2.75) is 82.1 Å². The van der Waals surface area contributed by atoms with E-state index in [2.05, 4.69) is 93.5 Å². The van der Waals surface area contributed by atoms with Crippen LogP contribution in [-0.2, 0) is 0 Å². The Hall–Kier alpha value is -1.44. The Morgan fingerprint density at radius 3 is 1.11 bits per heavy atom. The normalized spacial score (nSPS) is 14.4. The standard InChI is InChI=1S/C26H44N2/c1-23(2,3)17-25(7,8)19-27-15-21-11-13-22(14-12-21)16-28-20-26(9,10)18-24(4,5)6/h11-16H,17-20H2,1-10H3. The van der Waals surface area contributed by atoms with Crippen LogP contribution in [0.3, 0.4) is 0 Å². The van der Waals surface area contributed by atoms with Crippen LogP contribution in [0, 0.1) is 21.7 Å². The fourth-order valence-electron chi connectivity index (χ4n) is 4.45. The zero-order valence-electron chi connectivity index (χ0n) is 20.2. The summed E-state index contributed by atoms with van der Waals surface area (Å²) >= 11 is 0. The molecule has 0 heterocycles. The van der Waals surface area contributed by atoms with E-state index in [0.717, 1.165) is 37.1 Å². The van der Waals surface area contributed by atoms with Gasteiger partial charge in [-0.15, -0.1) is 0 Å². The molecule has 0 saturated heterocycles. The lowest BCUT2D eigenvalue weighted by Crippen LogP contribution is -2.23. The molecule has 0 aliphatic heterocycles. The van der Waals surface area contributed by atoms with Crippen molar-refractivity contribution >= 4 is 12.4 Å². The van der Waals surface area contributed by atoms with Crippen LogP contribution in [-0.4, -0.2) is 25.5 Å². The molecule has 158 valence electrons. The van der Waals surface area contributed by atoms with Gasteiger partial charge in [0, 0.05) is 25.5 Å². The highest BCUT2D eigenvalue weighted by molar-refractivity contribution is 5.84. The largest absolute Gasteiger partial charge is 0.292 e. The number of benzene rings is 1. The summed E-state index contributed by atoms with van der Waals surface area (Å²) in [6.45, 7) is 24.7. The predicted molar refractivity (Wildman–Crippen MR) is 127 cm³/mol. The van der Waals surface area contributed by atoms with Crippen LogP contribution < -0.4 is 0 Å². The summed E-state index contributed by atoms with van der Waals surface area (Å²) in [5.41, 5.74) is 3.42. The Kier molecular flexibility index (Phi) is 8.23. The van der Waals surface area contributed by atoms with E-state index in [-0.39, 0.29) is 10.8 Å². The van der Waals surface area contributed by atoms with E-state index in [1.807, 2.05) is 12.4 Å². The van der Waals surface area contributed by atoms with Crippen LogP contribution in [0.2, 0.25) is 0 Å². The van der Waals surface area contributed by atoms with E-state index in [1.165, 1.54) is 0 Å². The summed E-state index contributed by atoms with van der Waals surface area (Å²) in [5.74, 6) is 0. The second kappa shape index (κ2) is 9.37. The Bertz CT molecular complexity index is 588. The maximum absolute atomic E-state index is 4.70. The molecule has 1 rings (SSSR count). The summed E-state index contributed by atoms with van der Waals surface area (Å²) in [4.78, 5) is 9.39. The molecule has 2 nitrogen and oxygen atoms in total. The van der Waals surface area contributed by atoms with E-state index < -0.39 is 0 Å². The zero-order valence-corrected chi connectivity index (χ0v) is 20.2. The van der Waals surface area contributed by atoms with Gasteiger partial charge in [0.05, 0.1) is 0 Å². The first-order valence-corrected chi connectivity index (χ1v) is 10.7. The minimum Gasteiger partial charge on any atom is -0.292 e. The molecule has 0 aliphatic rings. The Labute approximate surface area is 175 Å². The van der Waals surface area contributed by atoms with Crippen molar-refractivity contribution in [1.82, 2.24) is 0 Å².